The number of rotatable bonds is 7. The van der Waals surface area contributed by atoms with Crippen molar-refractivity contribution in [3.63, 3.8) is 0 Å². The maximum atomic E-state index is 15.6. The number of benzene rings is 5. The Labute approximate surface area is 335 Å². The molecule has 0 bridgehead atoms. The van der Waals surface area contributed by atoms with Crippen LogP contribution in [0.25, 0.3) is 10.8 Å². The zero-order valence-corrected chi connectivity index (χ0v) is 31.6. The van der Waals surface area contributed by atoms with Gasteiger partial charge in [-0.05, 0) is 77.6 Å². The van der Waals surface area contributed by atoms with Crippen molar-refractivity contribution in [2.24, 2.45) is 23.7 Å². The maximum Gasteiger partial charge on any atom is 0.271 e. The molecule has 5 aromatic rings. The smallest absolute Gasteiger partial charge is 0.271 e. The lowest BCUT2D eigenvalue weighted by Crippen LogP contribution is -2.53. The van der Waals surface area contributed by atoms with Crippen LogP contribution in [0.1, 0.15) is 29.9 Å². The molecule has 57 heavy (non-hydrogen) atoms. The van der Waals surface area contributed by atoms with Gasteiger partial charge in [-0.15, -0.1) is 0 Å². The van der Waals surface area contributed by atoms with Crippen LogP contribution >= 0.6 is 23.2 Å². The van der Waals surface area contributed by atoms with Crippen LogP contribution in [0.4, 0.5) is 17.1 Å². The van der Waals surface area contributed by atoms with Gasteiger partial charge in [0.2, 0.25) is 11.8 Å². The SMILES string of the molecule is COc1ccc(C23C(=O)N(Nc4ccc(Cl)cc4Cl)C(=O)C2CC2C(=CCC4C(=O)N(c5cccc([N+](=O)[O-])c5)C(=O)C42)C3c2c(O)ccc3ccccc23)cc1. The summed E-state index contributed by atoms with van der Waals surface area (Å²) in [6.07, 6.45) is 1.98. The summed E-state index contributed by atoms with van der Waals surface area (Å²) in [4.78, 5) is 71.7. The van der Waals surface area contributed by atoms with Crippen LogP contribution in [0, 0.1) is 33.8 Å². The van der Waals surface area contributed by atoms with Crippen molar-refractivity contribution in [2.75, 3.05) is 17.4 Å². The Morgan fingerprint density at radius 3 is 2.39 bits per heavy atom. The number of fused-ring (bicyclic) bond motifs is 5. The van der Waals surface area contributed by atoms with Crippen LogP contribution in [0.3, 0.4) is 0 Å². The van der Waals surface area contributed by atoms with E-state index >= 15 is 9.59 Å². The van der Waals surface area contributed by atoms with E-state index < -0.39 is 63.6 Å². The molecule has 9 rings (SSSR count). The van der Waals surface area contributed by atoms with Crippen LogP contribution in [-0.2, 0) is 24.6 Å². The molecule has 6 unspecified atom stereocenters. The number of phenols is 1. The number of hydrogen-bond donors (Lipinski definition) is 2. The minimum atomic E-state index is -1.70. The van der Waals surface area contributed by atoms with Gasteiger partial charge in [-0.25, -0.2) is 4.90 Å². The maximum absolute atomic E-state index is 15.6. The molecule has 2 aliphatic heterocycles. The van der Waals surface area contributed by atoms with E-state index in [1.807, 2.05) is 30.3 Å². The average molecular weight is 804 g/mol. The molecule has 2 saturated heterocycles. The zero-order chi connectivity index (χ0) is 39.9. The number of nitro groups is 1. The number of non-ortho nitro benzene ring substituents is 1. The van der Waals surface area contributed by atoms with E-state index in [1.54, 1.807) is 48.5 Å². The van der Waals surface area contributed by atoms with Gasteiger partial charge in [0.1, 0.15) is 11.5 Å². The molecule has 286 valence electrons. The number of imide groups is 2. The standard InChI is InChI=1S/C43H32Cl2N4O8/c1-57-27-13-10-23(11-14-27)43-32(40(52)48(42(43)54)46-34-17-12-24(44)19-33(34)45)21-31-29(38(43)37-28-8-3-2-5-22(28)9-18-35(37)50)15-16-30-36(31)41(53)47(39(30)51)25-6-4-7-26(20-25)49(55)56/h2-15,17-20,30-32,36,38,46,50H,16,21H2,1H3. The molecule has 0 aromatic heterocycles. The van der Waals surface area contributed by atoms with Gasteiger partial charge in [0.15, 0.2) is 0 Å². The fraction of sp³-hybridized carbons (Fsp3) is 0.209. The summed E-state index contributed by atoms with van der Waals surface area (Å²) in [5.41, 5.74) is 2.81. The Morgan fingerprint density at radius 2 is 1.65 bits per heavy atom. The first kappa shape index (κ1) is 36.4. The molecular formula is C43H32Cl2N4O8. The van der Waals surface area contributed by atoms with Gasteiger partial charge in [-0.3, -0.25) is 34.7 Å². The van der Waals surface area contributed by atoms with Crippen LogP contribution in [-0.4, -0.2) is 45.8 Å². The van der Waals surface area contributed by atoms with E-state index in [9.17, 15) is 24.8 Å². The summed E-state index contributed by atoms with van der Waals surface area (Å²) >= 11 is 12.8. The minimum absolute atomic E-state index is 0.0139. The van der Waals surface area contributed by atoms with Crippen molar-refractivity contribution in [2.45, 2.75) is 24.2 Å². The molecule has 5 aromatic carbocycles. The lowest BCUT2D eigenvalue weighted by molar-refractivity contribution is -0.384. The number of amides is 4. The number of phenolic OH excluding ortho intramolecular Hbond substituents is 1. The molecule has 0 radical (unpaired) electrons. The number of carbonyl (C=O) groups excluding carboxylic acids is 4. The van der Waals surface area contributed by atoms with E-state index in [0.717, 1.165) is 15.3 Å². The van der Waals surface area contributed by atoms with E-state index in [2.05, 4.69) is 5.43 Å². The van der Waals surface area contributed by atoms with Gasteiger partial charge < -0.3 is 9.84 Å². The Morgan fingerprint density at radius 1 is 0.877 bits per heavy atom. The van der Waals surface area contributed by atoms with Crippen molar-refractivity contribution in [1.82, 2.24) is 5.01 Å². The number of hydrogen-bond acceptors (Lipinski definition) is 9. The van der Waals surface area contributed by atoms with Crippen molar-refractivity contribution in [1.29, 1.82) is 0 Å². The number of nitrogens with zero attached hydrogens (tertiary/aromatic N) is 3. The van der Waals surface area contributed by atoms with Gasteiger partial charge in [0, 0.05) is 28.6 Å². The molecule has 2 N–H and O–H groups in total. The number of carbonyl (C=O) groups is 4. The Kier molecular flexibility index (Phi) is 8.59. The predicted octanol–water partition coefficient (Wildman–Crippen LogP) is 7.96. The van der Waals surface area contributed by atoms with E-state index in [4.69, 9.17) is 27.9 Å². The highest BCUT2D eigenvalue weighted by molar-refractivity contribution is 6.36. The molecule has 3 fully saturated rings. The molecule has 12 nitrogen and oxygen atoms in total. The van der Waals surface area contributed by atoms with Gasteiger partial charge in [-0.1, -0.05) is 83.4 Å². The quantitative estimate of drug-likeness (QED) is 0.0721. The second-order valence-electron chi connectivity index (χ2n) is 14.7. The summed E-state index contributed by atoms with van der Waals surface area (Å²) in [5.74, 6) is -6.59. The van der Waals surface area contributed by atoms with Gasteiger partial charge in [0.25, 0.3) is 17.5 Å². The lowest BCUT2D eigenvalue weighted by Gasteiger charge is -2.51. The highest BCUT2D eigenvalue weighted by Crippen LogP contribution is 2.65. The molecule has 4 amide bonds. The highest BCUT2D eigenvalue weighted by atomic mass is 35.5. The number of aromatic hydroxyl groups is 1. The first-order valence-electron chi connectivity index (χ1n) is 18.2. The van der Waals surface area contributed by atoms with Crippen LogP contribution < -0.4 is 15.1 Å². The lowest BCUT2D eigenvalue weighted by atomic mass is 9.48. The zero-order valence-electron chi connectivity index (χ0n) is 30.1. The van der Waals surface area contributed by atoms with Crippen LogP contribution in [0.15, 0.2) is 115 Å². The monoisotopic (exact) mass is 802 g/mol. The van der Waals surface area contributed by atoms with Crippen LogP contribution in [0.2, 0.25) is 10.0 Å². The fourth-order valence-electron chi connectivity index (χ4n) is 9.75. The van der Waals surface area contributed by atoms with Gasteiger partial charge >= 0.3 is 0 Å². The van der Waals surface area contributed by atoms with Gasteiger partial charge in [-0.2, -0.15) is 5.01 Å². The number of nitro benzene ring substituents is 1. The first-order chi connectivity index (χ1) is 27.4. The third kappa shape index (κ3) is 5.34. The number of nitrogens with one attached hydrogen (secondary N) is 1. The summed E-state index contributed by atoms with van der Waals surface area (Å²) in [5, 5.41) is 26.5. The molecule has 6 atom stereocenters. The highest BCUT2D eigenvalue weighted by Gasteiger charge is 2.71. The summed E-state index contributed by atoms with van der Waals surface area (Å²) in [6.45, 7) is 0. The number of anilines is 2. The number of ether oxygens (including phenoxy) is 1. The second-order valence-corrected chi connectivity index (χ2v) is 15.6. The second kappa shape index (κ2) is 13.5. The number of halogens is 2. The topological polar surface area (TPSA) is 159 Å². The van der Waals surface area contributed by atoms with Gasteiger partial charge in [0.05, 0.1) is 51.6 Å². The third-order valence-corrected chi connectivity index (χ3v) is 12.7. The minimum Gasteiger partial charge on any atom is -0.508 e. The van der Waals surface area contributed by atoms with Crippen molar-refractivity contribution in [3.05, 3.63) is 146 Å². The Balaban J connectivity index is 1.28. The van der Waals surface area contributed by atoms with Crippen LogP contribution in [0.5, 0.6) is 11.5 Å². The normalized spacial score (nSPS) is 25.2. The van der Waals surface area contributed by atoms with Crippen molar-refractivity contribution >= 4 is 74.7 Å². The molecule has 0 spiro atoms. The molecule has 4 aliphatic rings. The van der Waals surface area contributed by atoms with E-state index in [1.165, 1.54) is 37.4 Å². The van der Waals surface area contributed by atoms with E-state index in [0.29, 0.717) is 32.9 Å². The summed E-state index contributed by atoms with van der Waals surface area (Å²) in [6, 6.07) is 27.6. The third-order valence-electron chi connectivity index (χ3n) is 12.1. The Hall–Kier alpha value is -6.24. The fourth-order valence-corrected chi connectivity index (χ4v) is 10.2. The average Bonchev–Trinajstić information content (AvgIpc) is 3.59. The van der Waals surface area contributed by atoms with Crippen molar-refractivity contribution < 1.29 is 33.9 Å². The number of hydrazine groups is 1. The molecule has 2 aliphatic carbocycles. The number of methoxy groups -OCH3 is 1. The first-order valence-corrected chi connectivity index (χ1v) is 19.0. The van der Waals surface area contributed by atoms with E-state index in [-0.39, 0.29) is 40.7 Å². The number of allylic oxidation sites excluding steroid dienone is 2. The summed E-state index contributed by atoms with van der Waals surface area (Å²) < 4.78 is 5.48. The molecule has 14 heteroatoms. The largest absolute Gasteiger partial charge is 0.508 e. The van der Waals surface area contributed by atoms with Crippen molar-refractivity contribution in [3.8, 4) is 11.5 Å². The molecule has 2 heterocycles. The Bertz CT molecular complexity index is 2610. The summed E-state index contributed by atoms with van der Waals surface area (Å²) in [7, 11) is 1.52. The predicted molar refractivity (Wildman–Crippen MR) is 212 cm³/mol. The molecule has 1 saturated carbocycles. The molecular weight excluding hydrogens is 771 g/mol.